The van der Waals surface area contributed by atoms with E-state index in [1.54, 1.807) is 15.9 Å². The fourth-order valence-corrected chi connectivity index (χ4v) is 5.55. The molecule has 2 heterocycles. The van der Waals surface area contributed by atoms with Gasteiger partial charge >= 0.3 is 0 Å². The van der Waals surface area contributed by atoms with E-state index >= 15 is 0 Å². The number of benzene rings is 1. The maximum Gasteiger partial charge on any atom is 0.267 e. The van der Waals surface area contributed by atoms with Crippen LogP contribution < -0.4 is 10.3 Å². The van der Waals surface area contributed by atoms with E-state index in [-0.39, 0.29) is 5.56 Å². The van der Waals surface area contributed by atoms with Gasteiger partial charge in [0.25, 0.3) is 5.56 Å². The zero-order valence-electron chi connectivity index (χ0n) is 15.0. The van der Waals surface area contributed by atoms with Crippen molar-refractivity contribution in [2.45, 2.75) is 37.8 Å². The smallest absolute Gasteiger partial charge is 0.267 e. The Hall–Kier alpha value is -2.30. The monoisotopic (exact) mass is 397 g/mol. The Morgan fingerprint density at radius 1 is 1.33 bits per heavy atom. The van der Waals surface area contributed by atoms with E-state index in [1.807, 2.05) is 31.2 Å². The first-order chi connectivity index (χ1) is 13.2. The molecule has 4 rings (SSSR count). The number of nitriles is 1. The lowest BCUT2D eigenvalue weighted by Gasteiger charge is -2.13. The summed E-state index contributed by atoms with van der Waals surface area (Å²) in [6.45, 7) is 2.54. The molecular formula is C20H19N3O2S2. The molecule has 5 nitrogen and oxygen atoms in total. The third kappa shape index (κ3) is 3.35. The number of aromatic nitrogens is 2. The summed E-state index contributed by atoms with van der Waals surface area (Å²) in [5.41, 5.74) is 1.94. The van der Waals surface area contributed by atoms with Gasteiger partial charge in [0.05, 0.1) is 23.7 Å². The van der Waals surface area contributed by atoms with Crippen LogP contribution in [0.1, 0.15) is 30.2 Å². The van der Waals surface area contributed by atoms with Crippen molar-refractivity contribution >= 4 is 33.3 Å². The van der Waals surface area contributed by atoms with Crippen molar-refractivity contribution in [3.63, 3.8) is 0 Å². The molecule has 0 bridgehead atoms. The van der Waals surface area contributed by atoms with E-state index in [1.165, 1.54) is 22.2 Å². The number of rotatable bonds is 6. The first kappa shape index (κ1) is 18.1. The number of thioether (sulfide) groups is 1. The van der Waals surface area contributed by atoms with Gasteiger partial charge in [-0.25, -0.2) is 4.98 Å². The normalized spacial score (nSPS) is 12.9. The molecule has 0 aliphatic heterocycles. The highest BCUT2D eigenvalue weighted by molar-refractivity contribution is 7.99. The van der Waals surface area contributed by atoms with Gasteiger partial charge in [-0.3, -0.25) is 9.36 Å². The summed E-state index contributed by atoms with van der Waals surface area (Å²) in [4.78, 5) is 20.4. The van der Waals surface area contributed by atoms with Crippen molar-refractivity contribution in [3.8, 4) is 17.5 Å². The molecule has 0 unspecified atom stereocenters. The minimum atomic E-state index is -0.0111. The zero-order chi connectivity index (χ0) is 18.8. The Balaban J connectivity index is 1.87. The van der Waals surface area contributed by atoms with Gasteiger partial charge in [-0.15, -0.1) is 11.3 Å². The van der Waals surface area contributed by atoms with Crippen molar-refractivity contribution in [1.82, 2.24) is 9.55 Å². The van der Waals surface area contributed by atoms with Crippen LogP contribution >= 0.6 is 23.1 Å². The molecule has 2 aromatic heterocycles. The van der Waals surface area contributed by atoms with Gasteiger partial charge in [0.15, 0.2) is 5.16 Å². The van der Waals surface area contributed by atoms with Crippen molar-refractivity contribution < 1.29 is 4.74 Å². The SMILES string of the molecule is CCOc1ccc(-n2c(SCCC#N)nc3sc4c(c3c2=O)CCC4)cc1. The number of hydrogen-bond donors (Lipinski definition) is 0. The topological polar surface area (TPSA) is 67.9 Å². The third-order valence-corrected chi connectivity index (χ3v) is 6.69. The highest BCUT2D eigenvalue weighted by Crippen LogP contribution is 2.36. The zero-order valence-corrected chi connectivity index (χ0v) is 16.7. The quantitative estimate of drug-likeness (QED) is 0.352. The summed E-state index contributed by atoms with van der Waals surface area (Å²) in [7, 11) is 0. The molecule has 0 radical (unpaired) electrons. The molecule has 0 amide bonds. The Morgan fingerprint density at radius 3 is 2.89 bits per heavy atom. The highest BCUT2D eigenvalue weighted by Gasteiger charge is 2.23. The number of hydrogen-bond acceptors (Lipinski definition) is 6. The van der Waals surface area contributed by atoms with E-state index < -0.39 is 0 Å². The van der Waals surface area contributed by atoms with Gasteiger partial charge in [-0.2, -0.15) is 5.26 Å². The fraction of sp³-hybridized carbons (Fsp3) is 0.350. The molecular weight excluding hydrogens is 378 g/mol. The molecule has 0 fully saturated rings. The van der Waals surface area contributed by atoms with Crippen molar-refractivity contribution in [3.05, 3.63) is 45.1 Å². The number of ether oxygens (including phenoxy) is 1. The van der Waals surface area contributed by atoms with Crippen LogP contribution in [0.4, 0.5) is 0 Å². The molecule has 1 aromatic carbocycles. The Labute approximate surface area is 165 Å². The number of thiophene rings is 1. The second-order valence-corrected chi connectivity index (χ2v) is 8.40. The minimum Gasteiger partial charge on any atom is -0.494 e. The van der Waals surface area contributed by atoms with Crippen molar-refractivity contribution in [1.29, 1.82) is 5.26 Å². The van der Waals surface area contributed by atoms with Gasteiger partial charge in [-0.1, -0.05) is 11.8 Å². The van der Waals surface area contributed by atoms with Crippen LogP contribution in [0.15, 0.2) is 34.2 Å². The van der Waals surface area contributed by atoms with E-state index in [0.29, 0.717) is 23.9 Å². The molecule has 3 aromatic rings. The summed E-state index contributed by atoms with van der Waals surface area (Å²) < 4.78 is 7.20. The Kier molecular flexibility index (Phi) is 5.19. The molecule has 0 saturated heterocycles. The van der Waals surface area contributed by atoms with Gasteiger partial charge < -0.3 is 4.74 Å². The maximum absolute atomic E-state index is 13.4. The second-order valence-electron chi connectivity index (χ2n) is 6.26. The standard InChI is InChI=1S/C20H19N3O2S2/c1-2-25-14-9-7-13(8-10-14)23-19(24)17-15-5-3-6-16(15)27-18(17)22-20(23)26-12-4-11-21/h7-10H,2-6,12H2,1H3. The van der Waals surface area contributed by atoms with Crippen LogP contribution in [0.5, 0.6) is 5.75 Å². The van der Waals surface area contributed by atoms with Crippen LogP contribution in [0, 0.1) is 11.3 Å². The summed E-state index contributed by atoms with van der Waals surface area (Å²) in [5.74, 6) is 1.38. The summed E-state index contributed by atoms with van der Waals surface area (Å²) >= 11 is 3.10. The van der Waals surface area contributed by atoms with E-state index in [9.17, 15) is 4.79 Å². The lowest BCUT2D eigenvalue weighted by molar-refractivity contribution is 0.340. The van der Waals surface area contributed by atoms with Crippen LogP contribution in [-0.2, 0) is 12.8 Å². The molecule has 0 spiro atoms. The predicted octanol–water partition coefficient (Wildman–Crippen LogP) is 4.34. The molecule has 0 saturated carbocycles. The first-order valence-electron chi connectivity index (χ1n) is 9.03. The van der Waals surface area contributed by atoms with E-state index in [0.717, 1.165) is 40.9 Å². The number of aryl methyl sites for hydroxylation is 2. The van der Waals surface area contributed by atoms with Gasteiger partial charge in [0.2, 0.25) is 0 Å². The largest absolute Gasteiger partial charge is 0.494 e. The summed E-state index contributed by atoms with van der Waals surface area (Å²) in [6.07, 6.45) is 3.52. The number of fused-ring (bicyclic) bond motifs is 3. The van der Waals surface area contributed by atoms with E-state index in [2.05, 4.69) is 6.07 Å². The van der Waals surface area contributed by atoms with Crippen LogP contribution in [0.3, 0.4) is 0 Å². The Bertz CT molecular complexity index is 1080. The van der Waals surface area contributed by atoms with E-state index in [4.69, 9.17) is 15.0 Å². The predicted molar refractivity (Wildman–Crippen MR) is 109 cm³/mol. The molecule has 1 aliphatic carbocycles. The van der Waals surface area contributed by atoms with Gasteiger partial charge in [0.1, 0.15) is 10.6 Å². The molecule has 0 atom stereocenters. The van der Waals surface area contributed by atoms with Gasteiger partial charge in [0, 0.05) is 17.1 Å². The molecule has 138 valence electrons. The molecule has 27 heavy (non-hydrogen) atoms. The lowest BCUT2D eigenvalue weighted by Crippen LogP contribution is -2.22. The van der Waals surface area contributed by atoms with Crippen molar-refractivity contribution in [2.75, 3.05) is 12.4 Å². The molecule has 7 heteroatoms. The lowest BCUT2D eigenvalue weighted by atomic mass is 10.2. The number of nitrogens with zero attached hydrogens (tertiary/aromatic N) is 3. The average Bonchev–Trinajstić information content (AvgIpc) is 3.24. The fourth-order valence-electron chi connectivity index (χ4n) is 3.40. The van der Waals surface area contributed by atoms with Crippen molar-refractivity contribution in [2.24, 2.45) is 0 Å². The Morgan fingerprint density at radius 2 is 2.15 bits per heavy atom. The van der Waals surface area contributed by atoms with Crippen LogP contribution in [0.25, 0.3) is 15.9 Å². The maximum atomic E-state index is 13.4. The highest BCUT2D eigenvalue weighted by atomic mass is 32.2. The third-order valence-electron chi connectivity index (χ3n) is 4.56. The van der Waals surface area contributed by atoms with Crippen LogP contribution in [0.2, 0.25) is 0 Å². The summed E-state index contributed by atoms with van der Waals surface area (Å²) in [6, 6.07) is 9.68. The second kappa shape index (κ2) is 7.75. The summed E-state index contributed by atoms with van der Waals surface area (Å²) in [5, 5.41) is 10.3. The molecule has 0 N–H and O–H groups in total. The first-order valence-corrected chi connectivity index (χ1v) is 10.8. The minimum absolute atomic E-state index is 0.0111. The molecule has 1 aliphatic rings. The average molecular weight is 398 g/mol. The van der Waals surface area contributed by atoms with Crippen LogP contribution in [-0.4, -0.2) is 21.9 Å². The van der Waals surface area contributed by atoms with Gasteiger partial charge in [-0.05, 0) is 56.0 Å².